The Morgan fingerprint density at radius 2 is 2.20 bits per heavy atom. The number of amides is 1. The maximum Gasteiger partial charge on any atom is 0.267 e. The Morgan fingerprint density at radius 1 is 1.36 bits per heavy atom. The Bertz CT molecular complexity index is 1010. The second-order valence-corrected chi connectivity index (χ2v) is 6.96. The third kappa shape index (κ3) is 3.39. The number of nitrogens with one attached hydrogen (secondary N) is 1. The van der Waals surface area contributed by atoms with Gasteiger partial charge in [-0.1, -0.05) is 11.3 Å². The van der Waals surface area contributed by atoms with Gasteiger partial charge in [-0.15, -0.1) is 0 Å². The molecular formula is C17H16N4O3S. The molecule has 0 radical (unpaired) electrons. The summed E-state index contributed by atoms with van der Waals surface area (Å²) in [5.41, 5.74) is 1.35. The van der Waals surface area contributed by atoms with Crippen LogP contribution in [0.25, 0.3) is 10.2 Å². The van der Waals surface area contributed by atoms with Crippen molar-refractivity contribution in [3.63, 3.8) is 0 Å². The van der Waals surface area contributed by atoms with Gasteiger partial charge in [0.05, 0.1) is 23.0 Å². The van der Waals surface area contributed by atoms with Crippen molar-refractivity contribution < 1.29 is 9.53 Å². The van der Waals surface area contributed by atoms with Gasteiger partial charge in [0.1, 0.15) is 12.3 Å². The largest absolute Gasteiger partial charge is 0.497 e. The first kappa shape index (κ1) is 15.8. The fourth-order valence-corrected chi connectivity index (χ4v) is 3.42. The number of aromatic nitrogens is 3. The van der Waals surface area contributed by atoms with Gasteiger partial charge in [-0.3, -0.25) is 9.59 Å². The van der Waals surface area contributed by atoms with Crippen molar-refractivity contribution in [3.05, 3.63) is 46.4 Å². The highest BCUT2D eigenvalue weighted by Gasteiger charge is 2.25. The lowest BCUT2D eigenvalue weighted by atomic mass is 10.3. The lowest BCUT2D eigenvalue weighted by molar-refractivity contribution is -0.117. The molecule has 1 aromatic carbocycles. The van der Waals surface area contributed by atoms with Gasteiger partial charge >= 0.3 is 0 Å². The van der Waals surface area contributed by atoms with Gasteiger partial charge in [-0.05, 0) is 31.0 Å². The average Bonchev–Trinajstić information content (AvgIpc) is 3.36. The summed E-state index contributed by atoms with van der Waals surface area (Å²) in [5, 5.41) is 7.51. The number of methoxy groups -OCH3 is 1. The molecule has 1 saturated carbocycles. The van der Waals surface area contributed by atoms with Crippen molar-refractivity contribution in [2.24, 2.45) is 0 Å². The van der Waals surface area contributed by atoms with Crippen LogP contribution in [0.2, 0.25) is 0 Å². The van der Waals surface area contributed by atoms with Gasteiger partial charge in [-0.25, -0.2) is 9.67 Å². The molecule has 2 heterocycles. The Kier molecular flexibility index (Phi) is 3.96. The molecule has 1 aliphatic carbocycles. The van der Waals surface area contributed by atoms with Gasteiger partial charge in [-0.2, -0.15) is 5.10 Å². The SMILES string of the molecule is COc1ccc2sc(NC(=O)Cn3nc(C4CC4)ccc3=O)nc2c1. The first-order valence-electron chi connectivity index (χ1n) is 7.95. The molecule has 0 spiro atoms. The van der Waals surface area contributed by atoms with E-state index >= 15 is 0 Å². The smallest absolute Gasteiger partial charge is 0.267 e. The number of anilines is 1. The standard InChI is InChI=1S/C17H16N4O3S/c1-24-11-4-6-14-13(8-11)18-17(25-14)19-15(22)9-21-16(23)7-5-12(20-21)10-2-3-10/h4-8,10H,2-3,9H2,1H3,(H,18,19,22). The predicted octanol–water partition coefficient (Wildman–Crippen LogP) is 2.38. The third-order valence-corrected chi connectivity index (χ3v) is 4.97. The van der Waals surface area contributed by atoms with Crippen LogP contribution in [0.4, 0.5) is 5.13 Å². The monoisotopic (exact) mass is 356 g/mol. The Morgan fingerprint density at radius 3 is 2.96 bits per heavy atom. The molecule has 8 heteroatoms. The minimum atomic E-state index is -0.325. The van der Waals surface area contributed by atoms with Crippen LogP contribution >= 0.6 is 11.3 Å². The van der Waals surface area contributed by atoms with E-state index in [9.17, 15) is 9.59 Å². The van der Waals surface area contributed by atoms with Crippen LogP contribution in [0.3, 0.4) is 0 Å². The zero-order chi connectivity index (χ0) is 17.4. The average molecular weight is 356 g/mol. The quantitative estimate of drug-likeness (QED) is 0.758. The normalized spacial score (nSPS) is 13.8. The van der Waals surface area contributed by atoms with E-state index in [0.29, 0.717) is 16.8 Å². The molecule has 3 aromatic rings. The summed E-state index contributed by atoms with van der Waals surface area (Å²) in [5.74, 6) is 0.811. The van der Waals surface area contributed by atoms with Gasteiger partial charge in [0.15, 0.2) is 5.13 Å². The van der Waals surface area contributed by atoms with E-state index in [4.69, 9.17) is 4.74 Å². The second kappa shape index (κ2) is 6.29. The fraction of sp³-hybridized carbons (Fsp3) is 0.294. The van der Waals surface area contributed by atoms with E-state index in [-0.39, 0.29) is 18.0 Å². The highest BCUT2D eigenvalue weighted by Crippen LogP contribution is 2.38. The van der Waals surface area contributed by atoms with Gasteiger partial charge in [0.25, 0.3) is 5.56 Å². The fourth-order valence-electron chi connectivity index (χ4n) is 2.56. The summed E-state index contributed by atoms with van der Waals surface area (Å²) in [7, 11) is 1.59. The highest BCUT2D eigenvalue weighted by atomic mass is 32.1. The zero-order valence-electron chi connectivity index (χ0n) is 13.6. The van der Waals surface area contributed by atoms with Crippen LogP contribution in [-0.2, 0) is 11.3 Å². The first-order chi connectivity index (χ1) is 12.1. The van der Waals surface area contributed by atoms with Crippen molar-refractivity contribution in [3.8, 4) is 5.75 Å². The lowest BCUT2D eigenvalue weighted by Gasteiger charge is -2.06. The van der Waals surface area contributed by atoms with E-state index < -0.39 is 0 Å². The summed E-state index contributed by atoms with van der Waals surface area (Å²) in [6.45, 7) is -0.126. The molecule has 1 aliphatic rings. The predicted molar refractivity (Wildman–Crippen MR) is 95.3 cm³/mol. The number of ether oxygens (including phenoxy) is 1. The minimum absolute atomic E-state index is 0.126. The minimum Gasteiger partial charge on any atom is -0.497 e. The highest BCUT2D eigenvalue weighted by molar-refractivity contribution is 7.22. The molecule has 128 valence electrons. The number of hydrogen-bond donors (Lipinski definition) is 1. The van der Waals surface area contributed by atoms with Crippen molar-refractivity contribution in [2.75, 3.05) is 12.4 Å². The van der Waals surface area contributed by atoms with E-state index in [1.54, 1.807) is 13.2 Å². The number of hydrogen-bond acceptors (Lipinski definition) is 6. The summed E-state index contributed by atoms with van der Waals surface area (Å²) in [6, 6.07) is 8.77. The van der Waals surface area contributed by atoms with Crippen LogP contribution in [0, 0.1) is 0 Å². The number of carbonyl (C=O) groups excluding carboxylic acids is 1. The summed E-state index contributed by atoms with van der Waals surface area (Å²) >= 11 is 1.37. The van der Waals surface area contributed by atoms with Gasteiger partial charge in [0.2, 0.25) is 5.91 Å². The molecular weight excluding hydrogens is 340 g/mol. The Hall–Kier alpha value is -2.74. The van der Waals surface area contributed by atoms with Crippen LogP contribution in [0.1, 0.15) is 24.5 Å². The van der Waals surface area contributed by atoms with Crippen LogP contribution in [0.5, 0.6) is 5.75 Å². The maximum atomic E-state index is 12.3. The van der Waals surface area contributed by atoms with Crippen LogP contribution in [0.15, 0.2) is 35.1 Å². The van der Waals surface area contributed by atoms with Crippen LogP contribution < -0.4 is 15.6 Å². The van der Waals surface area contributed by atoms with Crippen molar-refractivity contribution in [1.82, 2.24) is 14.8 Å². The van der Waals surface area contributed by atoms with E-state index in [2.05, 4.69) is 15.4 Å². The van der Waals surface area contributed by atoms with E-state index in [1.807, 2.05) is 18.2 Å². The van der Waals surface area contributed by atoms with Crippen LogP contribution in [-0.4, -0.2) is 27.8 Å². The second-order valence-electron chi connectivity index (χ2n) is 5.93. The topological polar surface area (TPSA) is 86.1 Å². The first-order valence-corrected chi connectivity index (χ1v) is 8.76. The molecule has 7 nitrogen and oxygen atoms in total. The number of fused-ring (bicyclic) bond motifs is 1. The summed E-state index contributed by atoms with van der Waals surface area (Å²) in [4.78, 5) is 28.5. The molecule has 1 amide bonds. The molecule has 0 unspecified atom stereocenters. The molecule has 0 bridgehead atoms. The Labute approximate surface area is 147 Å². The number of carbonyl (C=O) groups is 1. The Balaban J connectivity index is 1.50. The van der Waals surface area contributed by atoms with E-state index in [0.717, 1.165) is 28.8 Å². The third-order valence-electron chi connectivity index (χ3n) is 4.02. The molecule has 2 aromatic heterocycles. The maximum absolute atomic E-state index is 12.3. The van der Waals surface area contributed by atoms with Crippen molar-refractivity contribution in [1.29, 1.82) is 0 Å². The molecule has 0 atom stereocenters. The zero-order valence-corrected chi connectivity index (χ0v) is 14.4. The molecule has 0 saturated heterocycles. The van der Waals surface area contributed by atoms with Gasteiger partial charge < -0.3 is 10.1 Å². The number of thiazole rings is 1. The lowest BCUT2D eigenvalue weighted by Crippen LogP contribution is -2.29. The molecule has 25 heavy (non-hydrogen) atoms. The number of benzene rings is 1. The molecule has 4 rings (SSSR count). The summed E-state index contributed by atoms with van der Waals surface area (Å²) in [6.07, 6.45) is 2.18. The van der Waals surface area contributed by atoms with E-state index in [1.165, 1.54) is 22.1 Å². The number of rotatable bonds is 5. The van der Waals surface area contributed by atoms with Gasteiger partial charge in [0, 0.05) is 18.1 Å². The molecule has 1 fully saturated rings. The van der Waals surface area contributed by atoms with Crippen molar-refractivity contribution >= 4 is 32.6 Å². The summed E-state index contributed by atoms with van der Waals surface area (Å²) < 4.78 is 7.33. The molecule has 1 N–H and O–H groups in total. The molecule has 0 aliphatic heterocycles. The number of nitrogens with zero attached hydrogens (tertiary/aromatic N) is 3. The van der Waals surface area contributed by atoms with Crippen molar-refractivity contribution in [2.45, 2.75) is 25.3 Å².